The number of hydrogen-bond acceptors (Lipinski definition) is 3. The summed E-state index contributed by atoms with van der Waals surface area (Å²) >= 11 is -4.41. The first kappa shape index (κ1) is 4.40. The van der Waals surface area contributed by atoms with Gasteiger partial charge in [0.05, 0.1) is 0 Å². The molecule has 3 nitrogen and oxygen atoms in total. The van der Waals surface area contributed by atoms with E-state index < -0.39 is 24.8 Å². The summed E-state index contributed by atoms with van der Waals surface area (Å²) in [6, 6.07) is 0. The van der Waals surface area contributed by atoms with Crippen LogP contribution in [0.5, 0.6) is 0 Å². The van der Waals surface area contributed by atoms with E-state index in [9.17, 15) is 0 Å². The van der Waals surface area contributed by atoms with Gasteiger partial charge in [0.2, 0.25) is 0 Å². The first-order valence-electron chi connectivity index (χ1n) is 1.22. The molecule has 0 bridgehead atoms. The standard InChI is InChI=1S/Na.3O. The second-order valence-corrected chi connectivity index (χ2v) is 1.50. The van der Waals surface area contributed by atoms with E-state index in [2.05, 4.69) is 0 Å². The Morgan fingerprint density at radius 2 is 1.00 bits per heavy atom. The molecule has 0 spiro atoms. The molecular formula is NaO3. The van der Waals surface area contributed by atoms with Crippen LogP contribution in [0.1, 0.15) is 0 Å². The van der Waals surface area contributed by atoms with Gasteiger partial charge in [0.15, 0.2) is 0 Å². The van der Waals surface area contributed by atoms with E-state index in [1.807, 2.05) is 0 Å². The Balaban J connectivity index is 4.65. The molecule has 1 radical (unpaired) electrons. The molecule has 0 aromatic carbocycles. The topological polar surface area (TPSA) is 51.2 Å². The van der Waals surface area contributed by atoms with Crippen LogP contribution in [0.25, 0.3) is 0 Å². The van der Waals surface area contributed by atoms with Crippen LogP contribution < -0.4 is 0 Å². The predicted octanol–water partition coefficient (Wildman–Crippen LogP) is -0.737. The van der Waals surface area contributed by atoms with Crippen molar-refractivity contribution in [3.05, 3.63) is 0 Å². The van der Waals surface area contributed by atoms with Gasteiger partial charge in [-0.25, -0.2) is 0 Å². The Bertz CT molecular complexity index is 72.7. The zero-order valence-electron chi connectivity index (χ0n) is 2.22. The molecule has 0 aliphatic carbocycles. The SMILES string of the molecule is [O]=[Na](=[O])=[O]. The van der Waals surface area contributed by atoms with Crippen molar-refractivity contribution in [2.45, 2.75) is 0 Å². The molecule has 0 rings (SSSR count). The van der Waals surface area contributed by atoms with Crippen LogP contribution in [0.15, 0.2) is 0 Å². The molecule has 0 fully saturated rings. The van der Waals surface area contributed by atoms with Crippen molar-refractivity contribution in [3.8, 4) is 0 Å². The van der Waals surface area contributed by atoms with E-state index in [0.29, 0.717) is 0 Å². The van der Waals surface area contributed by atoms with Crippen LogP contribution in [0.4, 0.5) is 0 Å². The Labute approximate surface area is 32.3 Å². The third-order valence-corrected chi connectivity index (χ3v) is 0. The predicted molar refractivity (Wildman–Crippen MR) is 7.81 cm³/mol. The summed E-state index contributed by atoms with van der Waals surface area (Å²) in [5.74, 6) is 0. The summed E-state index contributed by atoms with van der Waals surface area (Å²) < 4.78 is 25.9. The van der Waals surface area contributed by atoms with E-state index in [1.54, 1.807) is 0 Å². The third-order valence-electron chi connectivity index (χ3n) is 0. The van der Waals surface area contributed by atoms with Gasteiger partial charge < -0.3 is 0 Å². The monoisotopic (exact) mass is 71.0 g/mol. The minimum absolute atomic E-state index is 4.41. The van der Waals surface area contributed by atoms with Crippen molar-refractivity contribution in [2.75, 3.05) is 0 Å². The van der Waals surface area contributed by atoms with Crippen molar-refractivity contribution in [2.24, 2.45) is 0 Å². The summed E-state index contributed by atoms with van der Waals surface area (Å²) in [5, 5.41) is 0. The maximum atomic E-state index is 8.63. The van der Waals surface area contributed by atoms with Crippen LogP contribution in [-0.2, 0) is 7.26 Å². The van der Waals surface area contributed by atoms with Gasteiger partial charge >= 0.3 is 32.0 Å². The van der Waals surface area contributed by atoms with Crippen molar-refractivity contribution in [1.82, 2.24) is 0 Å². The second kappa shape index (κ2) is 1.69. The van der Waals surface area contributed by atoms with Crippen LogP contribution in [-0.4, -0.2) is 24.8 Å². The summed E-state index contributed by atoms with van der Waals surface area (Å²) in [4.78, 5) is 0. The quantitative estimate of drug-likeness (QED) is 0.353. The molecule has 0 atom stereocenters. The average Bonchev–Trinajstić information content (AvgIpc) is 0.811. The van der Waals surface area contributed by atoms with Gasteiger partial charge in [-0.15, -0.1) is 0 Å². The molecule has 19 valence electrons. The van der Waals surface area contributed by atoms with Gasteiger partial charge in [0.25, 0.3) is 0 Å². The van der Waals surface area contributed by atoms with E-state index in [1.165, 1.54) is 0 Å². The molecule has 0 saturated carbocycles. The van der Waals surface area contributed by atoms with E-state index >= 15 is 0 Å². The molecule has 0 aliphatic rings. The molecule has 0 N–H and O–H groups in total. The van der Waals surface area contributed by atoms with Gasteiger partial charge in [-0.3, -0.25) is 0 Å². The van der Waals surface area contributed by atoms with E-state index in [4.69, 9.17) is 7.26 Å². The van der Waals surface area contributed by atoms with Crippen LogP contribution in [0.3, 0.4) is 0 Å². The van der Waals surface area contributed by atoms with Crippen LogP contribution >= 0.6 is 0 Å². The molecule has 4 heavy (non-hydrogen) atoms. The summed E-state index contributed by atoms with van der Waals surface area (Å²) in [7, 11) is 0. The zero-order chi connectivity index (χ0) is 3.58. The van der Waals surface area contributed by atoms with Gasteiger partial charge in [-0.05, 0) is 0 Å². The molecular weight excluding hydrogens is 71.0 g/mol. The molecule has 0 saturated heterocycles. The Kier molecular flexibility index (Phi) is 1.86. The maximum absolute atomic E-state index is 8.63. The van der Waals surface area contributed by atoms with Crippen molar-refractivity contribution in [3.63, 3.8) is 0 Å². The molecule has 0 unspecified atom stereocenters. The van der Waals surface area contributed by atoms with Gasteiger partial charge in [-0.2, -0.15) is 0 Å². The third kappa shape index (κ3) is 29.4. The Morgan fingerprint density at radius 3 is 1.00 bits per heavy atom. The molecule has 0 aliphatic heterocycles. The Hall–Kier alpha value is 0.400. The summed E-state index contributed by atoms with van der Waals surface area (Å²) in [5.41, 5.74) is 0. The molecule has 0 amide bonds. The second-order valence-electron chi connectivity index (χ2n) is 0.500. The molecule has 0 aromatic rings. The van der Waals surface area contributed by atoms with E-state index in [0.717, 1.165) is 0 Å². The van der Waals surface area contributed by atoms with Crippen LogP contribution in [0.2, 0.25) is 0 Å². The average molecular weight is 71.0 g/mol. The van der Waals surface area contributed by atoms with Gasteiger partial charge in [0, 0.05) is 0 Å². The van der Waals surface area contributed by atoms with Gasteiger partial charge in [-0.1, -0.05) is 0 Å². The van der Waals surface area contributed by atoms with Crippen molar-refractivity contribution < 1.29 is 7.26 Å². The summed E-state index contributed by atoms with van der Waals surface area (Å²) in [6.07, 6.45) is 0. The molecule has 0 aromatic heterocycles. The minimum atomic E-state index is -4.41. The normalized spacial score (nSPS) is 10.5. The Morgan fingerprint density at radius 1 is 1.00 bits per heavy atom. The fourth-order valence-electron chi connectivity index (χ4n) is 0. The summed E-state index contributed by atoms with van der Waals surface area (Å²) in [6.45, 7) is 0. The van der Waals surface area contributed by atoms with Crippen molar-refractivity contribution >= 4 is 24.8 Å². The van der Waals surface area contributed by atoms with E-state index in [-0.39, 0.29) is 0 Å². The number of rotatable bonds is 0. The van der Waals surface area contributed by atoms with Gasteiger partial charge in [0.1, 0.15) is 0 Å². The van der Waals surface area contributed by atoms with Crippen LogP contribution in [0, 0.1) is 0 Å². The molecule has 4 heteroatoms. The van der Waals surface area contributed by atoms with Crippen molar-refractivity contribution in [1.29, 1.82) is 0 Å². The fraction of sp³-hybridized carbons (Fsp3) is 0. The first-order valence-corrected chi connectivity index (χ1v) is 3.67. The fourth-order valence-corrected chi connectivity index (χ4v) is 0. The first-order chi connectivity index (χ1) is 1.73. The molecule has 0 heterocycles. The zero-order valence-corrected chi connectivity index (χ0v) is 4.22. The number of hydrogen-bond donors (Lipinski definition) is 0.